The van der Waals surface area contributed by atoms with Gasteiger partial charge in [0.25, 0.3) is 5.91 Å². The molecule has 4 rings (SSSR count). The van der Waals surface area contributed by atoms with E-state index in [0.717, 1.165) is 27.6 Å². The highest BCUT2D eigenvalue weighted by Gasteiger charge is 2.17. The van der Waals surface area contributed by atoms with Gasteiger partial charge >= 0.3 is 0 Å². The summed E-state index contributed by atoms with van der Waals surface area (Å²) >= 11 is 6.10. The molecule has 5 nitrogen and oxygen atoms in total. The highest BCUT2D eigenvalue weighted by molar-refractivity contribution is 6.31. The zero-order valence-electron chi connectivity index (χ0n) is 17.0. The fraction of sp³-hybridized carbons (Fsp3) is 0.167. The molecule has 0 bridgehead atoms. The summed E-state index contributed by atoms with van der Waals surface area (Å²) in [5.41, 5.74) is 3.68. The third kappa shape index (κ3) is 4.02. The lowest BCUT2D eigenvalue weighted by Gasteiger charge is -2.14. The fourth-order valence-electron chi connectivity index (χ4n) is 3.29. The standard InChI is InChI=1S/C24H21ClN2O3/c1-14-8-9-19(25)12-22(14)26-24(28)20-10-17-6-4-5-7-18(17)11-23(20)29-13-21-15(2)27-30-16(21)3/h4-12H,13H2,1-3H3,(H,26,28). The van der Waals surface area contributed by atoms with E-state index in [1.165, 1.54) is 0 Å². The van der Waals surface area contributed by atoms with E-state index < -0.39 is 0 Å². The summed E-state index contributed by atoms with van der Waals surface area (Å²) < 4.78 is 11.3. The van der Waals surface area contributed by atoms with Gasteiger partial charge in [0, 0.05) is 10.7 Å². The largest absolute Gasteiger partial charge is 0.488 e. The molecule has 0 saturated heterocycles. The number of amides is 1. The molecule has 6 heteroatoms. The molecule has 30 heavy (non-hydrogen) atoms. The Hall–Kier alpha value is -3.31. The molecule has 0 fully saturated rings. The lowest BCUT2D eigenvalue weighted by molar-refractivity contribution is 0.102. The van der Waals surface area contributed by atoms with Crippen LogP contribution in [0.5, 0.6) is 5.75 Å². The van der Waals surface area contributed by atoms with Crippen molar-refractivity contribution in [3.8, 4) is 5.75 Å². The third-order valence-corrected chi connectivity index (χ3v) is 5.33. The Labute approximate surface area is 179 Å². The van der Waals surface area contributed by atoms with Gasteiger partial charge in [-0.2, -0.15) is 0 Å². The van der Waals surface area contributed by atoms with Crippen LogP contribution in [0.3, 0.4) is 0 Å². The van der Waals surface area contributed by atoms with Gasteiger partial charge < -0.3 is 14.6 Å². The smallest absolute Gasteiger partial charge is 0.259 e. The molecule has 3 aromatic carbocycles. The average molecular weight is 421 g/mol. The van der Waals surface area contributed by atoms with Crippen LogP contribution < -0.4 is 10.1 Å². The van der Waals surface area contributed by atoms with E-state index in [2.05, 4.69) is 10.5 Å². The normalized spacial score (nSPS) is 10.9. The lowest BCUT2D eigenvalue weighted by atomic mass is 10.0. The SMILES string of the molecule is Cc1ccc(Cl)cc1NC(=O)c1cc2ccccc2cc1OCc1c(C)noc1C. The highest BCUT2D eigenvalue weighted by Crippen LogP contribution is 2.29. The second kappa shape index (κ2) is 8.20. The summed E-state index contributed by atoms with van der Waals surface area (Å²) in [4.78, 5) is 13.2. The maximum atomic E-state index is 13.2. The first kappa shape index (κ1) is 20.0. The number of aromatic nitrogens is 1. The number of carbonyl (C=O) groups excluding carboxylic acids is 1. The molecule has 1 heterocycles. The number of ether oxygens (including phenoxy) is 1. The second-order valence-corrected chi connectivity index (χ2v) is 7.64. The number of hydrogen-bond donors (Lipinski definition) is 1. The van der Waals surface area contributed by atoms with Gasteiger partial charge in [0.05, 0.1) is 16.8 Å². The lowest BCUT2D eigenvalue weighted by Crippen LogP contribution is -2.14. The van der Waals surface area contributed by atoms with E-state index in [1.807, 2.05) is 63.2 Å². The minimum absolute atomic E-state index is 0.260. The molecule has 0 unspecified atom stereocenters. The third-order valence-electron chi connectivity index (χ3n) is 5.09. The molecular formula is C24H21ClN2O3. The van der Waals surface area contributed by atoms with Crippen LogP contribution in [0.2, 0.25) is 5.02 Å². The van der Waals surface area contributed by atoms with E-state index in [-0.39, 0.29) is 12.5 Å². The molecule has 0 aliphatic carbocycles. The monoisotopic (exact) mass is 420 g/mol. The number of halogens is 1. The van der Waals surface area contributed by atoms with Crippen LogP contribution in [0.4, 0.5) is 5.69 Å². The van der Waals surface area contributed by atoms with Crippen molar-refractivity contribution in [2.45, 2.75) is 27.4 Å². The van der Waals surface area contributed by atoms with Crippen LogP contribution in [0, 0.1) is 20.8 Å². The van der Waals surface area contributed by atoms with Crippen LogP contribution in [0.25, 0.3) is 10.8 Å². The quantitative estimate of drug-likeness (QED) is 0.415. The van der Waals surface area contributed by atoms with Gasteiger partial charge in [-0.25, -0.2) is 0 Å². The van der Waals surface area contributed by atoms with Crippen molar-refractivity contribution in [2.75, 3.05) is 5.32 Å². The molecule has 0 aliphatic rings. The Balaban J connectivity index is 1.70. The van der Waals surface area contributed by atoms with Crippen molar-refractivity contribution < 1.29 is 14.1 Å². The minimum atomic E-state index is -0.264. The fourth-order valence-corrected chi connectivity index (χ4v) is 3.46. The van der Waals surface area contributed by atoms with Crippen molar-refractivity contribution in [1.29, 1.82) is 0 Å². The van der Waals surface area contributed by atoms with Gasteiger partial charge in [-0.15, -0.1) is 0 Å². The zero-order chi connectivity index (χ0) is 21.3. The van der Waals surface area contributed by atoms with Gasteiger partial charge in [0.1, 0.15) is 18.1 Å². The molecule has 0 saturated carbocycles. The molecule has 1 N–H and O–H groups in total. The molecule has 4 aromatic rings. The average Bonchev–Trinajstić information content (AvgIpc) is 3.05. The Morgan fingerprint density at radius 1 is 1.07 bits per heavy atom. The summed E-state index contributed by atoms with van der Waals surface area (Å²) in [5, 5.41) is 9.42. The van der Waals surface area contributed by atoms with Crippen molar-refractivity contribution in [2.24, 2.45) is 0 Å². The first-order valence-corrected chi connectivity index (χ1v) is 9.95. The van der Waals surface area contributed by atoms with E-state index in [0.29, 0.717) is 27.8 Å². The molecule has 0 atom stereocenters. The minimum Gasteiger partial charge on any atom is -0.488 e. The number of carbonyl (C=O) groups is 1. The molecule has 0 spiro atoms. The van der Waals surface area contributed by atoms with Crippen LogP contribution in [-0.2, 0) is 6.61 Å². The summed E-state index contributed by atoms with van der Waals surface area (Å²) in [7, 11) is 0. The predicted molar refractivity (Wildman–Crippen MR) is 118 cm³/mol. The first-order valence-electron chi connectivity index (χ1n) is 9.57. The van der Waals surface area contributed by atoms with E-state index in [9.17, 15) is 4.79 Å². The van der Waals surface area contributed by atoms with Gasteiger partial charge in [-0.1, -0.05) is 47.1 Å². The summed E-state index contributed by atoms with van der Waals surface area (Å²) in [5.74, 6) is 0.930. The number of benzene rings is 3. The van der Waals surface area contributed by atoms with Gasteiger partial charge in [-0.05, 0) is 61.4 Å². The maximum absolute atomic E-state index is 13.2. The van der Waals surface area contributed by atoms with E-state index in [4.69, 9.17) is 20.9 Å². The maximum Gasteiger partial charge on any atom is 0.259 e. The van der Waals surface area contributed by atoms with Crippen molar-refractivity contribution in [1.82, 2.24) is 5.16 Å². The molecule has 1 amide bonds. The van der Waals surface area contributed by atoms with Crippen LogP contribution in [0.15, 0.2) is 59.1 Å². The first-order chi connectivity index (χ1) is 14.4. The topological polar surface area (TPSA) is 64.4 Å². The van der Waals surface area contributed by atoms with Crippen molar-refractivity contribution >= 4 is 34.0 Å². The van der Waals surface area contributed by atoms with Crippen molar-refractivity contribution in [3.05, 3.63) is 87.8 Å². The Morgan fingerprint density at radius 2 is 1.80 bits per heavy atom. The number of rotatable bonds is 5. The summed E-state index contributed by atoms with van der Waals surface area (Å²) in [6.07, 6.45) is 0. The number of anilines is 1. The number of nitrogens with zero attached hydrogens (tertiary/aromatic N) is 1. The Kier molecular flexibility index (Phi) is 5.46. The zero-order valence-corrected chi connectivity index (χ0v) is 17.7. The molecule has 1 aromatic heterocycles. The van der Waals surface area contributed by atoms with E-state index >= 15 is 0 Å². The van der Waals surface area contributed by atoms with Crippen LogP contribution in [0.1, 0.15) is 32.9 Å². The number of nitrogens with one attached hydrogen (secondary N) is 1. The number of aryl methyl sites for hydroxylation is 3. The summed E-state index contributed by atoms with van der Waals surface area (Å²) in [6.45, 7) is 5.89. The number of fused-ring (bicyclic) bond motifs is 1. The highest BCUT2D eigenvalue weighted by atomic mass is 35.5. The van der Waals surface area contributed by atoms with Crippen LogP contribution >= 0.6 is 11.6 Å². The van der Waals surface area contributed by atoms with Gasteiger partial charge in [0.15, 0.2) is 0 Å². The summed E-state index contributed by atoms with van der Waals surface area (Å²) in [6, 6.07) is 17.0. The Morgan fingerprint density at radius 3 is 2.50 bits per heavy atom. The molecular weight excluding hydrogens is 400 g/mol. The predicted octanol–water partition coefficient (Wildman–Crippen LogP) is 6.24. The molecule has 152 valence electrons. The molecule has 0 radical (unpaired) electrons. The molecule has 0 aliphatic heterocycles. The van der Waals surface area contributed by atoms with Gasteiger partial charge in [0.2, 0.25) is 0 Å². The van der Waals surface area contributed by atoms with Crippen molar-refractivity contribution in [3.63, 3.8) is 0 Å². The Bertz CT molecular complexity index is 1230. The second-order valence-electron chi connectivity index (χ2n) is 7.20. The number of hydrogen-bond acceptors (Lipinski definition) is 4. The van der Waals surface area contributed by atoms with Gasteiger partial charge in [-0.3, -0.25) is 4.79 Å². The van der Waals surface area contributed by atoms with Crippen LogP contribution in [-0.4, -0.2) is 11.1 Å². The van der Waals surface area contributed by atoms with E-state index in [1.54, 1.807) is 12.1 Å².